The molecule has 1 aliphatic heterocycles. The fourth-order valence-electron chi connectivity index (χ4n) is 3.30. The molecule has 1 fully saturated rings. The molecule has 0 radical (unpaired) electrons. The number of hydrogen-bond acceptors (Lipinski definition) is 5. The fraction of sp³-hybridized carbons (Fsp3) is 0.286. The summed E-state index contributed by atoms with van der Waals surface area (Å²) in [4.78, 5) is 17.1. The number of benzene rings is 2. The molecule has 144 valence electrons. The first-order valence-electron chi connectivity index (χ1n) is 9.44. The van der Waals surface area contributed by atoms with Crippen LogP contribution >= 0.6 is 0 Å². The number of hydrogen-bond donors (Lipinski definition) is 0. The minimum absolute atomic E-state index is 0.0649. The molecule has 1 aliphatic rings. The number of nitrogens with zero attached hydrogens (tertiary/aromatic N) is 5. The first-order valence-corrected chi connectivity index (χ1v) is 9.44. The van der Waals surface area contributed by atoms with E-state index < -0.39 is 0 Å². The number of aromatic nitrogens is 3. The van der Waals surface area contributed by atoms with Crippen molar-refractivity contribution in [2.24, 2.45) is 0 Å². The van der Waals surface area contributed by atoms with E-state index in [0.29, 0.717) is 12.2 Å². The van der Waals surface area contributed by atoms with Gasteiger partial charge in [0.05, 0.1) is 0 Å². The normalized spacial score (nSPS) is 14.8. The fourth-order valence-corrected chi connectivity index (χ4v) is 3.30. The minimum Gasteiger partial charge on any atom is -0.492 e. The van der Waals surface area contributed by atoms with Crippen LogP contribution in [-0.2, 0) is 0 Å². The molecule has 28 heavy (non-hydrogen) atoms. The van der Waals surface area contributed by atoms with Crippen molar-refractivity contribution >= 4 is 5.91 Å². The van der Waals surface area contributed by atoms with Gasteiger partial charge in [0.25, 0.3) is 5.91 Å². The highest BCUT2D eigenvalue weighted by molar-refractivity contribution is 5.94. The average Bonchev–Trinajstić information content (AvgIpc) is 3.30. The zero-order valence-electron chi connectivity index (χ0n) is 15.6. The van der Waals surface area contributed by atoms with Gasteiger partial charge >= 0.3 is 0 Å². The third-order valence-corrected chi connectivity index (χ3v) is 4.89. The maximum Gasteiger partial charge on any atom is 0.254 e. The first kappa shape index (κ1) is 18.2. The zero-order valence-corrected chi connectivity index (χ0v) is 15.6. The van der Waals surface area contributed by atoms with Crippen LogP contribution in [0.25, 0.3) is 5.69 Å². The van der Waals surface area contributed by atoms with Crippen LogP contribution in [-0.4, -0.2) is 69.8 Å². The van der Waals surface area contributed by atoms with Crippen molar-refractivity contribution in [3.05, 3.63) is 72.8 Å². The number of para-hydroxylation sites is 1. The van der Waals surface area contributed by atoms with Gasteiger partial charge in [-0.3, -0.25) is 14.3 Å². The maximum absolute atomic E-state index is 12.9. The molecule has 1 saturated heterocycles. The van der Waals surface area contributed by atoms with E-state index in [0.717, 1.165) is 44.2 Å². The highest BCUT2D eigenvalue weighted by atomic mass is 16.5. The van der Waals surface area contributed by atoms with Gasteiger partial charge in [0.1, 0.15) is 25.0 Å². The van der Waals surface area contributed by atoms with Gasteiger partial charge in [-0.05, 0) is 30.3 Å². The summed E-state index contributed by atoms with van der Waals surface area (Å²) in [6.07, 6.45) is 3.25. The summed E-state index contributed by atoms with van der Waals surface area (Å²) in [5, 5.41) is 7.63. The van der Waals surface area contributed by atoms with E-state index in [9.17, 15) is 4.79 Å². The van der Waals surface area contributed by atoms with Crippen LogP contribution in [0.4, 0.5) is 0 Å². The first-order chi connectivity index (χ1) is 13.8. The summed E-state index contributed by atoms with van der Waals surface area (Å²) in [5.74, 6) is 0.958. The van der Waals surface area contributed by atoms with Crippen LogP contribution in [0.2, 0.25) is 0 Å². The molecule has 4 rings (SSSR count). The van der Waals surface area contributed by atoms with E-state index in [4.69, 9.17) is 4.74 Å². The van der Waals surface area contributed by atoms with Crippen molar-refractivity contribution in [2.75, 3.05) is 39.3 Å². The number of carbonyl (C=O) groups excluding carboxylic acids is 1. The Labute approximate surface area is 164 Å². The average molecular weight is 377 g/mol. The van der Waals surface area contributed by atoms with Crippen LogP contribution in [0.15, 0.2) is 67.3 Å². The summed E-state index contributed by atoms with van der Waals surface area (Å²) in [7, 11) is 0. The molecule has 7 heteroatoms. The molecule has 0 bridgehead atoms. The van der Waals surface area contributed by atoms with E-state index in [1.165, 1.54) is 0 Å². The van der Waals surface area contributed by atoms with Gasteiger partial charge in [-0.15, -0.1) is 10.2 Å². The van der Waals surface area contributed by atoms with E-state index in [2.05, 4.69) is 15.1 Å². The Kier molecular flexibility index (Phi) is 5.63. The second kappa shape index (κ2) is 8.67. The van der Waals surface area contributed by atoms with Gasteiger partial charge in [-0.1, -0.05) is 24.3 Å². The topological polar surface area (TPSA) is 63.5 Å². The minimum atomic E-state index is 0.0649. The van der Waals surface area contributed by atoms with Crippen LogP contribution in [0.3, 0.4) is 0 Å². The Morgan fingerprint density at radius 1 is 0.929 bits per heavy atom. The summed E-state index contributed by atoms with van der Waals surface area (Å²) in [5.41, 5.74) is 1.57. The number of rotatable bonds is 6. The molecule has 7 nitrogen and oxygen atoms in total. The standard InChI is InChI=1S/C21H23N5O2/c27-21(18-5-4-6-19(15-18)26-16-22-23-17-26)25-11-9-24(10-12-25)13-14-28-20-7-2-1-3-8-20/h1-8,15-17H,9-14H2. The number of ether oxygens (including phenoxy) is 1. The van der Waals surface area contributed by atoms with Crippen molar-refractivity contribution in [3.8, 4) is 11.4 Å². The lowest BCUT2D eigenvalue weighted by Crippen LogP contribution is -2.49. The zero-order chi connectivity index (χ0) is 19.2. The third kappa shape index (κ3) is 4.37. The summed E-state index contributed by atoms with van der Waals surface area (Å²) < 4.78 is 7.56. The molecule has 2 heterocycles. The smallest absolute Gasteiger partial charge is 0.254 e. The molecular weight excluding hydrogens is 354 g/mol. The van der Waals surface area contributed by atoms with Crippen LogP contribution in [0.5, 0.6) is 5.75 Å². The van der Waals surface area contributed by atoms with Gasteiger partial charge in [-0.25, -0.2) is 0 Å². The Morgan fingerprint density at radius 3 is 2.43 bits per heavy atom. The van der Waals surface area contributed by atoms with Crippen molar-refractivity contribution in [1.29, 1.82) is 0 Å². The van der Waals surface area contributed by atoms with E-state index in [1.807, 2.05) is 59.5 Å². The van der Waals surface area contributed by atoms with Gasteiger partial charge in [-0.2, -0.15) is 0 Å². The lowest BCUT2D eigenvalue weighted by Gasteiger charge is -2.34. The molecule has 0 spiro atoms. The predicted molar refractivity (Wildman–Crippen MR) is 106 cm³/mol. The maximum atomic E-state index is 12.9. The predicted octanol–water partition coefficient (Wildman–Crippen LogP) is 2.10. The SMILES string of the molecule is O=C(c1cccc(-n2cnnc2)c1)N1CCN(CCOc2ccccc2)CC1. The van der Waals surface area contributed by atoms with Gasteiger partial charge in [0.2, 0.25) is 0 Å². The molecule has 3 aromatic rings. The summed E-state index contributed by atoms with van der Waals surface area (Å²) >= 11 is 0. The van der Waals surface area contributed by atoms with Crippen LogP contribution in [0.1, 0.15) is 10.4 Å². The van der Waals surface area contributed by atoms with Crippen molar-refractivity contribution in [1.82, 2.24) is 24.6 Å². The van der Waals surface area contributed by atoms with E-state index >= 15 is 0 Å². The number of amides is 1. The summed E-state index contributed by atoms with van der Waals surface area (Å²) in [6.45, 7) is 4.67. The van der Waals surface area contributed by atoms with Gasteiger partial charge in [0, 0.05) is 44.0 Å². The van der Waals surface area contributed by atoms with Crippen molar-refractivity contribution in [2.45, 2.75) is 0 Å². The Morgan fingerprint density at radius 2 is 1.68 bits per heavy atom. The molecule has 0 atom stereocenters. The second-order valence-electron chi connectivity index (χ2n) is 6.71. The molecule has 0 N–H and O–H groups in total. The Bertz CT molecular complexity index is 890. The molecule has 0 unspecified atom stereocenters. The summed E-state index contributed by atoms with van der Waals surface area (Å²) in [6, 6.07) is 17.4. The van der Waals surface area contributed by atoms with E-state index in [1.54, 1.807) is 17.2 Å². The van der Waals surface area contributed by atoms with Crippen LogP contribution < -0.4 is 4.74 Å². The molecule has 1 aromatic heterocycles. The van der Waals surface area contributed by atoms with E-state index in [-0.39, 0.29) is 5.91 Å². The molecular formula is C21H23N5O2. The van der Waals surface area contributed by atoms with Crippen molar-refractivity contribution < 1.29 is 9.53 Å². The number of carbonyl (C=O) groups is 1. The quantitative estimate of drug-likeness (QED) is 0.658. The highest BCUT2D eigenvalue weighted by Gasteiger charge is 2.22. The number of piperazine rings is 1. The van der Waals surface area contributed by atoms with Gasteiger partial charge < -0.3 is 9.64 Å². The van der Waals surface area contributed by atoms with Gasteiger partial charge in [0.15, 0.2) is 0 Å². The molecule has 2 aromatic carbocycles. The third-order valence-electron chi connectivity index (χ3n) is 4.89. The second-order valence-corrected chi connectivity index (χ2v) is 6.71. The Balaban J connectivity index is 1.28. The Hall–Kier alpha value is -3.19. The molecule has 0 saturated carbocycles. The lowest BCUT2D eigenvalue weighted by molar-refractivity contribution is 0.0620. The molecule has 0 aliphatic carbocycles. The molecule has 1 amide bonds. The largest absolute Gasteiger partial charge is 0.492 e. The lowest BCUT2D eigenvalue weighted by atomic mass is 10.1. The van der Waals surface area contributed by atoms with Crippen molar-refractivity contribution in [3.63, 3.8) is 0 Å². The highest BCUT2D eigenvalue weighted by Crippen LogP contribution is 2.14. The van der Waals surface area contributed by atoms with Crippen LogP contribution in [0, 0.1) is 0 Å². The monoisotopic (exact) mass is 377 g/mol.